The number of rotatable bonds is 8. The van der Waals surface area contributed by atoms with Crippen molar-refractivity contribution in [1.29, 1.82) is 0 Å². The predicted octanol–water partition coefficient (Wildman–Crippen LogP) is 2.17. The summed E-state index contributed by atoms with van der Waals surface area (Å²) >= 11 is 0. The average molecular weight is 772 g/mol. The fourth-order valence-electron chi connectivity index (χ4n) is 5.59. The van der Waals surface area contributed by atoms with Crippen LogP contribution in [0.4, 0.5) is 22.7 Å². The molecule has 0 radical (unpaired) electrons. The summed E-state index contributed by atoms with van der Waals surface area (Å²) in [6.07, 6.45) is 0. The van der Waals surface area contributed by atoms with Gasteiger partial charge in [0.2, 0.25) is 0 Å². The number of fused-ring (bicyclic) bond motifs is 1. The molecule has 2 aromatic heterocycles. The van der Waals surface area contributed by atoms with Gasteiger partial charge in [-0.05, 0) is 55.6 Å². The monoisotopic (exact) mass is 771 g/mol. The topological polar surface area (TPSA) is 252 Å². The molecule has 0 fully saturated rings. The number of aromatic nitrogens is 4. The molecule has 21 heteroatoms. The second-order valence-electron chi connectivity index (χ2n) is 11.4. The van der Waals surface area contributed by atoms with Crippen molar-refractivity contribution in [2.75, 3.05) is 0 Å². The van der Waals surface area contributed by atoms with Crippen molar-refractivity contribution < 1.29 is 65.7 Å². The Bertz CT molecular complexity index is 2650. The Morgan fingerprint density at radius 3 is 1.21 bits per heavy atom. The van der Waals surface area contributed by atoms with E-state index in [0.717, 1.165) is 0 Å². The molecule has 2 heterocycles. The van der Waals surface area contributed by atoms with Crippen LogP contribution in [0.25, 0.3) is 22.1 Å². The van der Waals surface area contributed by atoms with Gasteiger partial charge in [-0.25, -0.2) is 9.36 Å². The van der Waals surface area contributed by atoms with Gasteiger partial charge >= 0.3 is 29.6 Å². The Hall–Kier alpha value is -5.22. The van der Waals surface area contributed by atoms with Gasteiger partial charge in [-0.2, -0.15) is 16.8 Å². The minimum Gasteiger partial charge on any atom is -0.505 e. The first-order chi connectivity index (χ1) is 24.4. The number of azo groups is 2. The molecular weight excluding hydrogens is 744 g/mol. The van der Waals surface area contributed by atoms with Gasteiger partial charge in [0.15, 0.2) is 22.9 Å². The number of phenolic OH excluding ortho intramolecular Hbond substituents is 2. The molecule has 6 aromatic rings. The van der Waals surface area contributed by atoms with Crippen molar-refractivity contribution in [3.63, 3.8) is 0 Å². The summed E-state index contributed by atoms with van der Waals surface area (Å²) in [6, 6.07) is 18.2. The molecule has 0 aliphatic carbocycles. The van der Waals surface area contributed by atoms with Crippen LogP contribution in [0, 0.1) is 13.8 Å². The van der Waals surface area contributed by atoms with Gasteiger partial charge in [-0.1, -0.05) is 36.4 Å². The molecule has 0 unspecified atom stereocenters. The number of hydrogen-bond acceptors (Lipinski definition) is 12. The number of benzene rings is 4. The molecule has 53 heavy (non-hydrogen) atoms. The molecule has 0 saturated carbocycles. The molecule has 18 nitrogen and oxygen atoms in total. The van der Waals surface area contributed by atoms with Gasteiger partial charge in [-0.15, -0.1) is 20.5 Å². The van der Waals surface area contributed by atoms with Crippen LogP contribution in [-0.2, 0) is 34.3 Å². The van der Waals surface area contributed by atoms with Crippen molar-refractivity contribution in [1.82, 2.24) is 18.7 Å². The van der Waals surface area contributed by atoms with Crippen LogP contribution in [0.3, 0.4) is 0 Å². The quantitative estimate of drug-likeness (QED) is 0.0997. The maximum atomic E-state index is 13.4. The smallest absolute Gasteiger partial charge is 0.505 e. The average Bonchev–Trinajstić information content (AvgIpc) is 3.43. The van der Waals surface area contributed by atoms with E-state index in [1.54, 1.807) is 74.8 Å². The Balaban J connectivity index is 0.00000541. The van der Waals surface area contributed by atoms with Crippen LogP contribution in [0.15, 0.2) is 113 Å². The largest absolute Gasteiger partial charge is 1.00 e. The van der Waals surface area contributed by atoms with Crippen molar-refractivity contribution in [2.45, 2.75) is 23.6 Å². The summed E-state index contributed by atoms with van der Waals surface area (Å²) in [6.45, 7) is 3.06. The first-order valence-corrected chi connectivity index (χ1v) is 17.8. The Kier molecular flexibility index (Phi) is 10.5. The van der Waals surface area contributed by atoms with E-state index in [4.69, 9.17) is 0 Å². The Morgan fingerprint density at radius 2 is 0.887 bits per heavy atom. The van der Waals surface area contributed by atoms with Crippen molar-refractivity contribution in [3.05, 3.63) is 105 Å². The van der Waals surface area contributed by atoms with Crippen LogP contribution in [-0.4, -0.2) is 54.9 Å². The summed E-state index contributed by atoms with van der Waals surface area (Å²) in [4.78, 5) is 24.6. The maximum Gasteiger partial charge on any atom is 1.00 e. The van der Waals surface area contributed by atoms with Crippen LogP contribution in [0.2, 0.25) is 0 Å². The second kappa shape index (κ2) is 14.3. The molecular formula is C32H28N8NaO10S2+. The maximum absolute atomic E-state index is 13.4. The summed E-state index contributed by atoms with van der Waals surface area (Å²) in [7, 11) is -7.37. The first kappa shape index (κ1) is 39.0. The third kappa shape index (κ3) is 6.88. The normalized spacial score (nSPS) is 12.3. The number of phenols is 2. The molecule has 0 saturated heterocycles. The molecule has 268 valence electrons. The molecule has 4 aromatic carbocycles. The fourth-order valence-corrected chi connectivity index (χ4v) is 6.90. The molecule has 6 rings (SSSR count). The van der Waals surface area contributed by atoms with Crippen LogP contribution < -0.4 is 40.7 Å². The minimum absolute atomic E-state index is 0. The van der Waals surface area contributed by atoms with E-state index in [9.17, 15) is 45.7 Å². The summed E-state index contributed by atoms with van der Waals surface area (Å²) < 4.78 is 75.6. The Morgan fingerprint density at radius 1 is 0.566 bits per heavy atom. The zero-order valence-electron chi connectivity index (χ0n) is 28.6. The molecule has 4 N–H and O–H groups in total. The third-order valence-electron chi connectivity index (χ3n) is 8.35. The third-order valence-corrected chi connectivity index (χ3v) is 10.1. The van der Waals surface area contributed by atoms with Crippen LogP contribution >= 0.6 is 0 Å². The zero-order valence-corrected chi connectivity index (χ0v) is 32.2. The van der Waals surface area contributed by atoms with Crippen molar-refractivity contribution >= 4 is 53.8 Å². The summed E-state index contributed by atoms with van der Waals surface area (Å²) in [5, 5.41) is 37.0. The van der Waals surface area contributed by atoms with E-state index in [1.807, 2.05) is 0 Å². The van der Waals surface area contributed by atoms with Crippen molar-refractivity contribution in [3.8, 4) is 22.9 Å². The van der Waals surface area contributed by atoms with Crippen molar-refractivity contribution in [2.24, 2.45) is 34.6 Å². The fraction of sp³-hybridized carbons (Fsp3) is 0.125. The number of hydrogen-bond donors (Lipinski definition) is 4. The molecule has 0 bridgehead atoms. The van der Waals surface area contributed by atoms with E-state index in [-0.39, 0.29) is 52.3 Å². The van der Waals surface area contributed by atoms with Gasteiger partial charge in [0.25, 0.3) is 31.4 Å². The van der Waals surface area contributed by atoms with E-state index in [1.165, 1.54) is 32.6 Å². The van der Waals surface area contributed by atoms with Gasteiger partial charge in [0.05, 0.1) is 28.1 Å². The van der Waals surface area contributed by atoms with Crippen LogP contribution in [0.1, 0.15) is 11.4 Å². The van der Waals surface area contributed by atoms with Gasteiger partial charge in [0.1, 0.15) is 21.2 Å². The molecule has 0 aliphatic heterocycles. The Labute approximate surface area is 322 Å². The molecule has 0 atom stereocenters. The SMILES string of the molecule is Cc1c(N=Nc2c(S(=O)(=O)O)cc3cc(S(=O)(=O)O)c(N=Nc4c(C)n(C)n(-c5ccccc5)c4=O)c(O)c3c2O)c(=O)n(-c2ccccc2)n1C.[Na+]. The van der Waals surface area contributed by atoms with E-state index in [0.29, 0.717) is 23.5 Å². The second-order valence-corrected chi connectivity index (χ2v) is 14.2. The molecule has 0 spiro atoms. The molecule has 0 aliphatic rings. The zero-order chi connectivity index (χ0) is 37.9. The van der Waals surface area contributed by atoms with E-state index >= 15 is 0 Å². The predicted molar refractivity (Wildman–Crippen MR) is 187 cm³/mol. The number of aromatic hydroxyl groups is 2. The number of para-hydroxylation sites is 2. The van der Waals surface area contributed by atoms with Gasteiger partial charge in [-0.3, -0.25) is 28.1 Å². The first-order valence-electron chi connectivity index (χ1n) is 15.0. The van der Waals surface area contributed by atoms with E-state index in [2.05, 4.69) is 20.5 Å². The minimum atomic E-state index is -5.25. The van der Waals surface area contributed by atoms with Crippen LogP contribution in [0.5, 0.6) is 11.5 Å². The molecule has 0 amide bonds. The van der Waals surface area contributed by atoms with Gasteiger partial charge < -0.3 is 10.2 Å². The van der Waals surface area contributed by atoms with E-state index < -0.39 is 74.8 Å². The van der Waals surface area contributed by atoms with Gasteiger partial charge in [0, 0.05) is 14.1 Å². The summed E-state index contributed by atoms with van der Waals surface area (Å²) in [5.41, 5.74) is -2.27. The summed E-state index contributed by atoms with van der Waals surface area (Å²) in [5.74, 6) is -2.27. The standard InChI is InChI=1S/C32H28N8O10S2.Na/c1-17-25(31(43)39(37(17)3)20-11-7-5-8-12-20)33-35-27-22(51(45,46)47)15-19-16-23(52(48,49)50)28(30(42)24(19)29(27)41)36-34-26-18(2)38(4)40(32(26)44)21-13-9-6-10-14-21;/h5-16,41-42H,1-4H3,(H,45,46,47)(H,48,49,50);/q;+1. The number of nitrogens with zero attached hydrogens (tertiary/aromatic N) is 8.